The quantitative estimate of drug-likeness (QED) is 0.642. The van der Waals surface area contributed by atoms with Crippen molar-refractivity contribution in [3.05, 3.63) is 0 Å². The first-order chi connectivity index (χ1) is 9.08. The molecule has 0 spiro atoms. The van der Waals surface area contributed by atoms with Crippen molar-refractivity contribution in [1.82, 2.24) is 15.1 Å². The van der Waals surface area contributed by atoms with Gasteiger partial charge >= 0.3 is 0 Å². The lowest BCUT2D eigenvalue weighted by Crippen LogP contribution is -2.47. The molecular formula is C15H33N3O. The lowest BCUT2D eigenvalue weighted by atomic mass is 10.2. The summed E-state index contributed by atoms with van der Waals surface area (Å²) in [6.45, 7) is 17.8. The van der Waals surface area contributed by atoms with Crippen molar-refractivity contribution < 1.29 is 4.74 Å². The van der Waals surface area contributed by atoms with E-state index in [1.54, 1.807) is 0 Å². The summed E-state index contributed by atoms with van der Waals surface area (Å²) in [4.78, 5) is 5.10. The molecule has 0 aromatic heterocycles. The van der Waals surface area contributed by atoms with E-state index in [-0.39, 0.29) is 0 Å². The fourth-order valence-electron chi connectivity index (χ4n) is 2.35. The molecule has 0 atom stereocenters. The van der Waals surface area contributed by atoms with Gasteiger partial charge in [0, 0.05) is 38.8 Å². The molecule has 0 aromatic carbocycles. The first kappa shape index (κ1) is 16.9. The third-order valence-corrected chi connectivity index (χ3v) is 3.53. The van der Waals surface area contributed by atoms with Crippen LogP contribution in [0.4, 0.5) is 0 Å². The summed E-state index contributed by atoms with van der Waals surface area (Å²) in [6, 6.07) is 0.609. The van der Waals surface area contributed by atoms with Gasteiger partial charge in [0.1, 0.15) is 0 Å². The van der Waals surface area contributed by atoms with Gasteiger partial charge in [-0.05, 0) is 33.4 Å². The SMILES string of the molecule is CC(C)NCCCN1CCN(CCOC(C)C)CC1. The summed E-state index contributed by atoms with van der Waals surface area (Å²) in [5.41, 5.74) is 0. The molecule has 4 nitrogen and oxygen atoms in total. The van der Waals surface area contributed by atoms with Crippen molar-refractivity contribution in [1.29, 1.82) is 0 Å². The van der Waals surface area contributed by atoms with Crippen LogP contribution in [0.25, 0.3) is 0 Å². The van der Waals surface area contributed by atoms with E-state index in [0.29, 0.717) is 12.1 Å². The molecule has 1 fully saturated rings. The first-order valence-corrected chi connectivity index (χ1v) is 7.87. The Morgan fingerprint density at radius 1 is 0.947 bits per heavy atom. The molecule has 1 rings (SSSR count). The second-order valence-electron chi connectivity index (χ2n) is 6.07. The fraction of sp³-hybridized carbons (Fsp3) is 1.00. The van der Waals surface area contributed by atoms with Crippen LogP contribution in [0.2, 0.25) is 0 Å². The highest BCUT2D eigenvalue weighted by Crippen LogP contribution is 2.02. The van der Waals surface area contributed by atoms with Crippen LogP contribution < -0.4 is 5.32 Å². The van der Waals surface area contributed by atoms with E-state index < -0.39 is 0 Å². The van der Waals surface area contributed by atoms with Gasteiger partial charge in [0.15, 0.2) is 0 Å². The van der Waals surface area contributed by atoms with Crippen LogP contribution in [0.5, 0.6) is 0 Å². The van der Waals surface area contributed by atoms with Gasteiger partial charge in [0.05, 0.1) is 12.7 Å². The molecule has 0 amide bonds. The van der Waals surface area contributed by atoms with Gasteiger partial charge < -0.3 is 15.0 Å². The van der Waals surface area contributed by atoms with Crippen LogP contribution in [-0.2, 0) is 4.74 Å². The van der Waals surface area contributed by atoms with E-state index >= 15 is 0 Å². The Hall–Kier alpha value is -0.160. The van der Waals surface area contributed by atoms with Crippen LogP contribution in [0.15, 0.2) is 0 Å². The molecule has 0 bridgehead atoms. The topological polar surface area (TPSA) is 27.7 Å². The van der Waals surface area contributed by atoms with Crippen LogP contribution in [0, 0.1) is 0 Å². The Kier molecular flexibility index (Phi) is 8.62. The largest absolute Gasteiger partial charge is 0.377 e. The van der Waals surface area contributed by atoms with Gasteiger partial charge in [-0.25, -0.2) is 0 Å². The van der Waals surface area contributed by atoms with Crippen molar-refractivity contribution in [2.24, 2.45) is 0 Å². The summed E-state index contributed by atoms with van der Waals surface area (Å²) in [5.74, 6) is 0. The predicted octanol–water partition coefficient (Wildman–Crippen LogP) is 1.42. The van der Waals surface area contributed by atoms with Crippen LogP contribution in [-0.4, -0.2) is 74.4 Å². The molecule has 1 saturated heterocycles. The number of hydrogen-bond acceptors (Lipinski definition) is 4. The predicted molar refractivity (Wildman–Crippen MR) is 81.7 cm³/mol. The minimum absolute atomic E-state index is 0.356. The minimum Gasteiger partial charge on any atom is -0.377 e. The van der Waals surface area contributed by atoms with Gasteiger partial charge in [-0.3, -0.25) is 4.90 Å². The number of nitrogens with one attached hydrogen (secondary N) is 1. The molecule has 0 radical (unpaired) electrons. The summed E-state index contributed by atoms with van der Waals surface area (Å²) in [6.07, 6.45) is 1.61. The van der Waals surface area contributed by atoms with E-state index in [2.05, 4.69) is 42.8 Å². The van der Waals surface area contributed by atoms with E-state index in [0.717, 1.165) is 19.7 Å². The van der Waals surface area contributed by atoms with Crippen LogP contribution in [0.3, 0.4) is 0 Å². The van der Waals surface area contributed by atoms with Crippen molar-refractivity contribution in [2.75, 3.05) is 52.4 Å². The zero-order chi connectivity index (χ0) is 14.1. The number of hydrogen-bond donors (Lipinski definition) is 1. The van der Waals surface area contributed by atoms with E-state index in [1.165, 1.54) is 39.1 Å². The highest BCUT2D eigenvalue weighted by molar-refractivity contribution is 4.72. The standard InChI is InChI=1S/C15H33N3O/c1-14(2)16-6-5-7-17-8-10-18(11-9-17)12-13-19-15(3)4/h14-16H,5-13H2,1-4H3. The molecule has 1 aliphatic rings. The molecule has 114 valence electrons. The lowest BCUT2D eigenvalue weighted by molar-refractivity contribution is 0.0447. The van der Waals surface area contributed by atoms with Gasteiger partial charge in [0.2, 0.25) is 0 Å². The molecule has 0 aliphatic carbocycles. The smallest absolute Gasteiger partial charge is 0.0596 e. The maximum atomic E-state index is 5.61. The normalized spacial score (nSPS) is 18.6. The summed E-state index contributed by atoms with van der Waals surface area (Å²) < 4.78 is 5.61. The molecule has 19 heavy (non-hydrogen) atoms. The third-order valence-electron chi connectivity index (χ3n) is 3.53. The van der Waals surface area contributed by atoms with Gasteiger partial charge in [-0.15, -0.1) is 0 Å². The van der Waals surface area contributed by atoms with Crippen molar-refractivity contribution in [2.45, 2.75) is 46.3 Å². The molecular weight excluding hydrogens is 238 g/mol. The second kappa shape index (κ2) is 9.70. The summed E-state index contributed by atoms with van der Waals surface area (Å²) in [7, 11) is 0. The average molecular weight is 271 g/mol. The number of piperazine rings is 1. The summed E-state index contributed by atoms with van der Waals surface area (Å²) >= 11 is 0. The first-order valence-electron chi connectivity index (χ1n) is 7.87. The molecule has 1 N–H and O–H groups in total. The maximum Gasteiger partial charge on any atom is 0.0596 e. The third kappa shape index (κ3) is 8.58. The van der Waals surface area contributed by atoms with Crippen molar-refractivity contribution >= 4 is 0 Å². The molecule has 0 unspecified atom stereocenters. The van der Waals surface area contributed by atoms with Crippen molar-refractivity contribution in [3.63, 3.8) is 0 Å². The molecule has 1 heterocycles. The Labute approximate surface area is 119 Å². The highest BCUT2D eigenvalue weighted by Gasteiger charge is 2.15. The van der Waals surface area contributed by atoms with Gasteiger partial charge in [-0.1, -0.05) is 13.8 Å². The van der Waals surface area contributed by atoms with Crippen molar-refractivity contribution in [3.8, 4) is 0 Å². The average Bonchev–Trinajstić information content (AvgIpc) is 2.36. The monoisotopic (exact) mass is 271 g/mol. The summed E-state index contributed by atoms with van der Waals surface area (Å²) in [5, 5.41) is 3.48. The van der Waals surface area contributed by atoms with E-state index in [1.807, 2.05) is 0 Å². The highest BCUT2D eigenvalue weighted by atomic mass is 16.5. The Balaban J connectivity index is 1.99. The number of rotatable bonds is 9. The van der Waals surface area contributed by atoms with Crippen LogP contribution in [0.1, 0.15) is 34.1 Å². The second-order valence-corrected chi connectivity index (χ2v) is 6.07. The zero-order valence-electron chi connectivity index (χ0n) is 13.3. The number of nitrogens with zero attached hydrogens (tertiary/aromatic N) is 2. The van der Waals surface area contributed by atoms with Gasteiger partial charge in [-0.2, -0.15) is 0 Å². The molecule has 4 heteroatoms. The van der Waals surface area contributed by atoms with Crippen LogP contribution >= 0.6 is 0 Å². The molecule has 0 aromatic rings. The maximum absolute atomic E-state index is 5.61. The zero-order valence-corrected chi connectivity index (χ0v) is 13.3. The Morgan fingerprint density at radius 2 is 1.53 bits per heavy atom. The Bertz CT molecular complexity index is 213. The molecule has 1 aliphatic heterocycles. The van der Waals surface area contributed by atoms with E-state index in [4.69, 9.17) is 4.74 Å². The van der Waals surface area contributed by atoms with Gasteiger partial charge in [0.25, 0.3) is 0 Å². The fourth-order valence-corrected chi connectivity index (χ4v) is 2.35. The Morgan fingerprint density at radius 3 is 2.05 bits per heavy atom. The number of ether oxygens (including phenoxy) is 1. The molecule has 0 saturated carbocycles. The lowest BCUT2D eigenvalue weighted by Gasteiger charge is -2.34. The van der Waals surface area contributed by atoms with E-state index in [9.17, 15) is 0 Å². The minimum atomic E-state index is 0.356.